The van der Waals surface area contributed by atoms with Crippen molar-refractivity contribution < 1.29 is 42.1 Å². The van der Waals surface area contributed by atoms with Gasteiger partial charge in [-0.05, 0) is 42.3 Å². The summed E-state index contributed by atoms with van der Waals surface area (Å²) in [6, 6.07) is 11.8. The maximum Gasteiger partial charge on any atom is 0.573 e. The lowest BCUT2D eigenvalue weighted by atomic mass is 10.1. The van der Waals surface area contributed by atoms with Gasteiger partial charge in [0.2, 0.25) is 0 Å². The molecule has 2 aromatic rings. The van der Waals surface area contributed by atoms with E-state index in [1.807, 2.05) is 0 Å². The number of ether oxygens (including phenoxy) is 3. The second kappa shape index (κ2) is 11.2. The Bertz CT molecular complexity index is 853. The lowest BCUT2D eigenvalue weighted by Gasteiger charge is -2.13. The van der Waals surface area contributed by atoms with Gasteiger partial charge in [-0.3, -0.25) is 4.79 Å². The summed E-state index contributed by atoms with van der Waals surface area (Å²) in [5, 5.41) is 11.7. The highest BCUT2D eigenvalue weighted by atomic mass is 19.4. The Hall–Kier alpha value is -3.27. The van der Waals surface area contributed by atoms with Gasteiger partial charge in [0.25, 0.3) is 5.91 Å². The van der Waals surface area contributed by atoms with Gasteiger partial charge in [-0.15, -0.1) is 13.2 Å². The Morgan fingerprint density at radius 1 is 1.00 bits per heavy atom. The molecule has 0 aliphatic heterocycles. The Kier molecular flexibility index (Phi) is 8.68. The zero-order chi connectivity index (χ0) is 22.9. The molecule has 168 valence electrons. The number of amides is 1. The van der Waals surface area contributed by atoms with E-state index in [0.717, 1.165) is 17.7 Å². The lowest BCUT2D eigenvalue weighted by molar-refractivity contribution is -0.274. The zero-order valence-corrected chi connectivity index (χ0v) is 16.6. The fourth-order valence-electron chi connectivity index (χ4n) is 2.56. The molecule has 0 spiro atoms. The van der Waals surface area contributed by atoms with Crippen LogP contribution in [0.15, 0.2) is 48.5 Å². The van der Waals surface area contributed by atoms with Crippen molar-refractivity contribution >= 4 is 11.9 Å². The van der Waals surface area contributed by atoms with E-state index in [-0.39, 0.29) is 25.3 Å². The zero-order valence-electron chi connectivity index (χ0n) is 16.6. The smallest absolute Gasteiger partial charge is 0.484 e. The van der Waals surface area contributed by atoms with E-state index < -0.39 is 24.3 Å². The minimum atomic E-state index is -4.76. The SMILES string of the molecule is CCO[C@@H](Cc1ccc(OCC(=O)NCc2ccc(OC(F)(F)F)cc2)cc1)C(=O)O. The van der Waals surface area contributed by atoms with Crippen molar-refractivity contribution in [2.24, 2.45) is 0 Å². The Morgan fingerprint density at radius 3 is 2.13 bits per heavy atom. The summed E-state index contributed by atoms with van der Waals surface area (Å²) in [7, 11) is 0. The summed E-state index contributed by atoms with van der Waals surface area (Å²) in [5.41, 5.74) is 1.34. The average molecular weight is 441 g/mol. The van der Waals surface area contributed by atoms with Gasteiger partial charge in [0.15, 0.2) is 12.7 Å². The van der Waals surface area contributed by atoms with Gasteiger partial charge in [0.05, 0.1) is 0 Å². The molecule has 1 atom stereocenters. The third-order valence-corrected chi connectivity index (χ3v) is 4.00. The van der Waals surface area contributed by atoms with Crippen LogP contribution in [-0.2, 0) is 27.3 Å². The second-order valence-corrected chi connectivity index (χ2v) is 6.39. The standard InChI is InChI=1S/C21H22F3NO6/c1-2-29-18(20(27)28)11-14-3-7-16(8-4-14)30-13-19(26)25-12-15-5-9-17(10-6-15)31-21(22,23)24/h3-10,18H,2,11-13H2,1H3,(H,25,26)(H,27,28)/t18-/m0/s1. The molecule has 0 fully saturated rings. The number of carbonyl (C=O) groups is 2. The highest BCUT2D eigenvalue weighted by Gasteiger charge is 2.30. The third kappa shape index (κ3) is 8.95. The first kappa shape index (κ1) is 24.0. The summed E-state index contributed by atoms with van der Waals surface area (Å²) in [6.45, 7) is 1.86. The molecule has 2 rings (SSSR count). The van der Waals surface area contributed by atoms with Crippen molar-refractivity contribution in [3.05, 3.63) is 59.7 Å². The van der Waals surface area contributed by atoms with Gasteiger partial charge in [0, 0.05) is 19.6 Å². The van der Waals surface area contributed by atoms with E-state index in [1.165, 1.54) is 12.1 Å². The minimum Gasteiger partial charge on any atom is -0.484 e. The molecule has 0 saturated carbocycles. The van der Waals surface area contributed by atoms with Gasteiger partial charge >= 0.3 is 12.3 Å². The minimum absolute atomic E-state index is 0.113. The molecule has 0 radical (unpaired) electrons. The van der Waals surface area contributed by atoms with Crippen LogP contribution in [0.4, 0.5) is 13.2 Å². The lowest BCUT2D eigenvalue weighted by Crippen LogP contribution is -2.28. The number of hydrogen-bond donors (Lipinski definition) is 2. The molecule has 2 N–H and O–H groups in total. The number of rotatable bonds is 11. The van der Waals surface area contributed by atoms with Crippen LogP contribution < -0.4 is 14.8 Å². The van der Waals surface area contributed by atoms with E-state index in [2.05, 4.69) is 10.1 Å². The predicted octanol–water partition coefficient (Wildman–Crippen LogP) is 3.31. The fourth-order valence-corrected chi connectivity index (χ4v) is 2.56. The molecular formula is C21H22F3NO6. The van der Waals surface area contributed by atoms with Gasteiger partial charge in [0.1, 0.15) is 11.5 Å². The van der Waals surface area contributed by atoms with Crippen molar-refractivity contribution in [2.45, 2.75) is 32.4 Å². The molecule has 1 amide bonds. The van der Waals surface area contributed by atoms with E-state index in [4.69, 9.17) is 14.6 Å². The number of benzene rings is 2. The Morgan fingerprint density at radius 2 is 1.58 bits per heavy atom. The number of carboxylic acids is 1. The molecule has 0 bridgehead atoms. The number of hydrogen-bond acceptors (Lipinski definition) is 5. The molecule has 0 aliphatic rings. The summed E-state index contributed by atoms with van der Waals surface area (Å²) in [5.74, 6) is -1.37. The van der Waals surface area contributed by atoms with Crippen LogP contribution in [0.5, 0.6) is 11.5 Å². The van der Waals surface area contributed by atoms with Crippen molar-refractivity contribution in [3.8, 4) is 11.5 Å². The van der Waals surface area contributed by atoms with Crippen molar-refractivity contribution in [2.75, 3.05) is 13.2 Å². The van der Waals surface area contributed by atoms with E-state index in [1.54, 1.807) is 31.2 Å². The highest BCUT2D eigenvalue weighted by Crippen LogP contribution is 2.22. The number of halogens is 3. The molecule has 0 unspecified atom stereocenters. The molecule has 7 nitrogen and oxygen atoms in total. The number of aliphatic carboxylic acids is 1. The summed E-state index contributed by atoms with van der Waals surface area (Å²) >= 11 is 0. The summed E-state index contributed by atoms with van der Waals surface area (Å²) in [6.07, 6.45) is -5.49. The van der Waals surface area contributed by atoms with Gasteiger partial charge < -0.3 is 24.6 Å². The molecule has 0 saturated heterocycles. The number of nitrogens with one attached hydrogen (secondary N) is 1. The second-order valence-electron chi connectivity index (χ2n) is 6.39. The van der Waals surface area contributed by atoms with E-state index >= 15 is 0 Å². The average Bonchev–Trinajstić information content (AvgIpc) is 2.71. The highest BCUT2D eigenvalue weighted by molar-refractivity contribution is 5.77. The molecular weight excluding hydrogens is 419 g/mol. The number of carbonyl (C=O) groups excluding carboxylic acids is 1. The Balaban J connectivity index is 1.76. The van der Waals surface area contributed by atoms with Gasteiger partial charge in [-0.1, -0.05) is 24.3 Å². The molecule has 0 heterocycles. The molecule has 10 heteroatoms. The molecule has 0 aliphatic carbocycles. The predicted molar refractivity (Wildman–Crippen MR) is 104 cm³/mol. The van der Waals surface area contributed by atoms with Gasteiger partial charge in [-0.25, -0.2) is 4.79 Å². The van der Waals surface area contributed by atoms with Crippen molar-refractivity contribution in [1.29, 1.82) is 0 Å². The molecule has 31 heavy (non-hydrogen) atoms. The number of alkyl halides is 3. The Labute approximate surface area is 176 Å². The molecule has 0 aromatic heterocycles. The van der Waals surface area contributed by atoms with Crippen molar-refractivity contribution in [1.82, 2.24) is 5.32 Å². The normalized spacial score (nSPS) is 12.1. The van der Waals surface area contributed by atoms with Crippen LogP contribution in [-0.4, -0.2) is 42.7 Å². The quantitative estimate of drug-likeness (QED) is 0.556. The van der Waals surface area contributed by atoms with Crippen molar-refractivity contribution in [3.63, 3.8) is 0 Å². The van der Waals surface area contributed by atoms with Crippen LogP contribution >= 0.6 is 0 Å². The molecule has 2 aromatic carbocycles. The van der Waals surface area contributed by atoms with Crippen LogP contribution in [0.1, 0.15) is 18.1 Å². The first-order valence-electron chi connectivity index (χ1n) is 9.34. The van der Waals surface area contributed by atoms with E-state index in [0.29, 0.717) is 17.9 Å². The fraction of sp³-hybridized carbons (Fsp3) is 0.333. The monoisotopic (exact) mass is 441 g/mol. The maximum atomic E-state index is 12.1. The summed E-state index contributed by atoms with van der Waals surface area (Å²) in [4.78, 5) is 23.0. The first-order chi connectivity index (χ1) is 14.7. The third-order valence-electron chi connectivity index (χ3n) is 4.00. The summed E-state index contributed by atoms with van der Waals surface area (Å²) < 4.78 is 50.7. The van der Waals surface area contributed by atoms with Crippen LogP contribution in [0.2, 0.25) is 0 Å². The largest absolute Gasteiger partial charge is 0.573 e. The van der Waals surface area contributed by atoms with Crippen LogP contribution in [0.3, 0.4) is 0 Å². The van der Waals surface area contributed by atoms with Crippen LogP contribution in [0, 0.1) is 0 Å². The van der Waals surface area contributed by atoms with E-state index in [9.17, 15) is 22.8 Å². The van der Waals surface area contributed by atoms with Crippen LogP contribution in [0.25, 0.3) is 0 Å². The van der Waals surface area contributed by atoms with Gasteiger partial charge in [-0.2, -0.15) is 0 Å². The number of carboxylic acid groups (broad SMARTS) is 1. The topological polar surface area (TPSA) is 94.1 Å². The maximum absolute atomic E-state index is 12.1. The first-order valence-corrected chi connectivity index (χ1v) is 9.34.